The second-order valence-corrected chi connectivity index (χ2v) is 9.35. The summed E-state index contributed by atoms with van der Waals surface area (Å²) in [6, 6.07) is 13.3. The van der Waals surface area contributed by atoms with Crippen molar-refractivity contribution in [2.45, 2.75) is 40.3 Å². The molecule has 6 nitrogen and oxygen atoms in total. The van der Waals surface area contributed by atoms with Gasteiger partial charge in [0.05, 0.1) is 10.6 Å². The fourth-order valence-electron chi connectivity index (χ4n) is 3.00. The summed E-state index contributed by atoms with van der Waals surface area (Å²) in [6.45, 7) is 7.60. The van der Waals surface area contributed by atoms with E-state index in [0.29, 0.717) is 6.54 Å². The molecule has 0 aliphatic heterocycles. The van der Waals surface area contributed by atoms with Crippen molar-refractivity contribution in [3.8, 4) is 16.3 Å². The first-order chi connectivity index (χ1) is 14.2. The smallest absolute Gasteiger partial charge is 0.244 e. The molecule has 1 atom stereocenters. The Hall–Kier alpha value is -2.93. The van der Waals surface area contributed by atoms with Crippen molar-refractivity contribution in [2.75, 3.05) is 7.05 Å². The number of likely N-dealkylation sites (N-methyl/N-ethyl adjacent to an activating group) is 1. The molecular formula is C23H28N4O2S. The van der Waals surface area contributed by atoms with Gasteiger partial charge in [-0.05, 0) is 30.5 Å². The minimum Gasteiger partial charge on any atom is -0.344 e. The largest absolute Gasteiger partial charge is 0.344 e. The van der Waals surface area contributed by atoms with Gasteiger partial charge in [0.15, 0.2) is 0 Å². The van der Waals surface area contributed by atoms with Crippen LogP contribution < -0.4 is 5.32 Å². The normalized spacial score (nSPS) is 12.4. The number of nitrogens with zero attached hydrogens (tertiary/aromatic N) is 3. The second kappa shape index (κ2) is 8.83. The Labute approximate surface area is 181 Å². The molecule has 7 heteroatoms. The van der Waals surface area contributed by atoms with Gasteiger partial charge in [0.1, 0.15) is 11.7 Å². The maximum Gasteiger partial charge on any atom is 0.244 e. The van der Waals surface area contributed by atoms with Crippen molar-refractivity contribution < 1.29 is 9.59 Å². The molecule has 1 unspecified atom stereocenters. The number of hydrogen-bond donors (Lipinski definition) is 1. The number of para-hydroxylation sites is 1. The molecule has 1 aromatic carbocycles. The zero-order chi connectivity index (χ0) is 21.9. The van der Waals surface area contributed by atoms with E-state index in [9.17, 15) is 9.59 Å². The first-order valence-corrected chi connectivity index (χ1v) is 10.8. The van der Waals surface area contributed by atoms with Crippen LogP contribution in [-0.4, -0.2) is 39.6 Å². The Balaban J connectivity index is 1.82. The summed E-state index contributed by atoms with van der Waals surface area (Å²) in [5.41, 5.74) is 2.23. The van der Waals surface area contributed by atoms with Gasteiger partial charge in [0, 0.05) is 30.8 Å². The molecule has 3 rings (SSSR count). The average molecular weight is 425 g/mol. The van der Waals surface area contributed by atoms with E-state index in [1.165, 1.54) is 0 Å². The van der Waals surface area contributed by atoms with Crippen LogP contribution >= 0.6 is 11.3 Å². The average Bonchev–Trinajstić information content (AvgIpc) is 3.37. The lowest BCUT2D eigenvalue weighted by Crippen LogP contribution is -2.48. The van der Waals surface area contributed by atoms with Crippen LogP contribution in [0.1, 0.15) is 33.3 Å². The van der Waals surface area contributed by atoms with Crippen LogP contribution in [0.3, 0.4) is 0 Å². The number of carbonyl (C=O) groups excluding carboxylic acids is 2. The minimum absolute atomic E-state index is 0.141. The summed E-state index contributed by atoms with van der Waals surface area (Å²) in [5, 5.41) is 9.60. The Kier molecular flexibility index (Phi) is 6.41. The van der Waals surface area contributed by atoms with E-state index in [2.05, 4.69) is 5.32 Å². The number of thiophene rings is 1. The first kappa shape index (κ1) is 21.8. The van der Waals surface area contributed by atoms with Crippen molar-refractivity contribution in [3.63, 3.8) is 0 Å². The predicted octanol–water partition coefficient (Wildman–Crippen LogP) is 4.11. The standard InChI is InChI=1S/C23H28N4O2S/c1-16(24-22(29)23(2,3)4)21(28)26(5)14-17-15-27(18-10-7-6-8-11-18)25-20(17)19-12-9-13-30-19/h6-13,15-16H,14H2,1-5H3,(H,24,29). The highest BCUT2D eigenvalue weighted by molar-refractivity contribution is 7.13. The van der Waals surface area contributed by atoms with Crippen molar-refractivity contribution in [1.29, 1.82) is 0 Å². The van der Waals surface area contributed by atoms with Crippen LogP contribution in [0.5, 0.6) is 0 Å². The summed E-state index contributed by atoms with van der Waals surface area (Å²) in [5.74, 6) is -0.287. The monoisotopic (exact) mass is 424 g/mol. The summed E-state index contributed by atoms with van der Waals surface area (Å²) in [7, 11) is 1.75. The van der Waals surface area contributed by atoms with Crippen LogP contribution in [0.15, 0.2) is 54.0 Å². The number of benzene rings is 1. The van der Waals surface area contributed by atoms with Gasteiger partial charge in [-0.1, -0.05) is 45.0 Å². The summed E-state index contributed by atoms with van der Waals surface area (Å²) >= 11 is 1.62. The van der Waals surface area contributed by atoms with Crippen LogP contribution in [0.25, 0.3) is 16.3 Å². The number of nitrogens with one attached hydrogen (secondary N) is 1. The highest BCUT2D eigenvalue weighted by Gasteiger charge is 2.27. The molecule has 0 bridgehead atoms. The van der Waals surface area contributed by atoms with Gasteiger partial charge in [-0.2, -0.15) is 5.10 Å². The molecule has 2 heterocycles. The van der Waals surface area contributed by atoms with Gasteiger partial charge in [-0.25, -0.2) is 4.68 Å². The van der Waals surface area contributed by atoms with Gasteiger partial charge < -0.3 is 10.2 Å². The molecule has 30 heavy (non-hydrogen) atoms. The van der Waals surface area contributed by atoms with Crippen molar-refractivity contribution in [1.82, 2.24) is 20.0 Å². The molecule has 0 aliphatic rings. The lowest BCUT2D eigenvalue weighted by molar-refractivity contribution is -0.137. The lowest BCUT2D eigenvalue weighted by Gasteiger charge is -2.25. The zero-order valence-corrected chi connectivity index (χ0v) is 18.9. The van der Waals surface area contributed by atoms with Crippen molar-refractivity contribution in [2.24, 2.45) is 5.41 Å². The predicted molar refractivity (Wildman–Crippen MR) is 120 cm³/mol. The maximum absolute atomic E-state index is 12.9. The number of amides is 2. The summed E-state index contributed by atoms with van der Waals surface area (Å²) in [6.07, 6.45) is 1.96. The van der Waals surface area contributed by atoms with Gasteiger partial charge in [-0.3, -0.25) is 9.59 Å². The molecule has 0 fully saturated rings. The SMILES string of the molecule is CC(NC(=O)C(C)(C)C)C(=O)N(C)Cc1cn(-c2ccccc2)nc1-c1cccs1. The number of hydrogen-bond acceptors (Lipinski definition) is 4. The lowest BCUT2D eigenvalue weighted by atomic mass is 9.95. The van der Waals surface area contributed by atoms with Crippen LogP contribution in [-0.2, 0) is 16.1 Å². The number of rotatable bonds is 6. The van der Waals surface area contributed by atoms with Gasteiger partial charge in [0.2, 0.25) is 11.8 Å². The van der Waals surface area contributed by atoms with E-state index in [1.54, 1.807) is 30.2 Å². The molecule has 158 valence electrons. The third kappa shape index (κ3) is 4.97. The third-order valence-electron chi connectivity index (χ3n) is 4.75. The first-order valence-electron chi connectivity index (χ1n) is 9.90. The molecule has 3 aromatic rings. The van der Waals surface area contributed by atoms with Crippen LogP contribution in [0.4, 0.5) is 0 Å². The zero-order valence-electron chi connectivity index (χ0n) is 18.0. The highest BCUT2D eigenvalue weighted by atomic mass is 32.1. The number of aromatic nitrogens is 2. The van der Waals surface area contributed by atoms with Gasteiger partial charge in [-0.15, -0.1) is 11.3 Å². The molecule has 0 radical (unpaired) electrons. The molecule has 0 saturated carbocycles. The fraction of sp³-hybridized carbons (Fsp3) is 0.348. The Morgan fingerprint density at radius 1 is 1.17 bits per heavy atom. The molecule has 2 amide bonds. The number of carbonyl (C=O) groups is 2. The highest BCUT2D eigenvalue weighted by Crippen LogP contribution is 2.28. The van der Waals surface area contributed by atoms with Crippen molar-refractivity contribution >= 4 is 23.2 Å². The minimum atomic E-state index is -0.601. The molecule has 2 aromatic heterocycles. The van der Waals surface area contributed by atoms with E-state index in [4.69, 9.17) is 5.10 Å². The molecular weight excluding hydrogens is 396 g/mol. The van der Waals surface area contributed by atoms with E-state index < -0.39 is 11.5 Å². The molecule has 0 saturated heterocycles. The Morgan fingerprint density at radius 2 is 1.87 bits per heavy atom. The topological polar surface area (TPSA) is 67.2 Å². The Bertz CT molecular complexity index is 1000. The summed E-state index contributed by atoms with van der Waals surface area (Å²) < 4.78 is 1.84. The van der Waals surface area contributed by atoms with Gasteiger partial charge in [0.25, 0.3) is 0 Å². The fourth-order valence-corrected chi connectivity index (χ4v) is 3.74. The molecule has 0 spiro atoms. The summed E-state index contributed by atoms with van der Waals surface area (Å²) in [4.78, 5) is 27.8. The van der Waals surface area contributed by atoms with Crippen molar-refractivity contribution in [3.05, 3.63) is 59.6 Å². The maximum atomic E-state index is 12.9. The Morgan fingerprint density at radius 3 is 2.47 bits per heavy atom. The second-order valence-electron chi connectivity index (χ2n) is 8.40. The van der Waals surface area contributed by atoms with E-state index >= 15 is 0 Å². The quantitative estimate of drug-likeness (QED) is 0.648. The van der Waals surface area contributed by atoms with Crippen LogP contribution in [0.2, 0.25) is 0 Å². The third-order valence-corrected chi connectivity index (χ3v) is 5.62. The molecule has 0 aliphatic carbocycles. The van der Waals surface area contributed by atoms with Crippen LogP contribution in [0, 0.1) is 5.41 Å². The molecule has 1 N–H and O–H groups in total. The van der Waals surface area contributed by atoms with E-state index in [-0.39, 0.29) is 11.8 Å². The van der Waals surface area contributed by atoms with Gasteiger partial charge >= 0.3 is 0 Å². The van der Waals surface area contributed by atoms with E-state index in [1.807, 2.05) is 79.5 Å². The van der Waals surface area contributed by atoms with E-state index in [0.717, 1.165) is 21.8 Å².